The Morgan fingerprint density at radius 3 is 2.18 bits per heavy atom. The van der Waals surface area contributed by atoms with E-state index in [9.17, 15) is 4.39 Å². The van der Waals surface area contributed by atoms with Crippen LogP contribution in [-0.4, -0.2) is 10.9 Å². The van der Waals surface area contributed by atoms with Gasteiger partial charge in [0.15, 0.2) is 0 Å². The summed E-state index contributed by atoms with van der Waals surface area (Å²) in [5.41, 5.74) is 2.15. The van der Waals surface area contributed by atoms with E-state index in [-0.39, 0.29) is 11.2 Å². The lowest BCUT2D eigenvalue weighted by Crippen LogP contribution is -2.21. The van der Waals surface area contributed by atoms with Crippen LogP contribution in [-0.2, 0) is 0 Å². The lowest BCUT2D eigenvalue weighted by atomic mass is 9.85. The lowest BCUT2D eigenvalue weighted by molar-refractivity contribution is 0.311. The van der Waals surface area contributed by atoms with E-state index in [0.29, 0.717) is 5.71 Å². The third kappa shape index (κ3) is 3.70. The molecular formula is C14H18FNO. The monoisotopic (exact) mass is 235 g/mol. The molecule has 0 bridgehead atoms. The van der Waals surface area contributed by atoms with Crippen LogP contribution in [0.25, 0.3) is 6.08 Å². The van der Waals surface area contributed by atoms with Crippen molar-refractivity contribution >= 4 is 11.8 Å². The number of oxime groups is 1. The van der Waals surface area contributed by atoms with E-state index < -0.39 is 0 Å². The summed E-state index contributed by atoms with van der Waals surface area (Å²) >= 11 is 0. The molecule has 3 heteroatoms. The fourth-order valence-corrected chi connectivity index (χ4v) is 1.70. The van der Waals surface area contributed by atoms with Crippen LogP contribution in [0.15, 0.2) is 35.0 Å². The Bertz CT molecular complexity index is 438. The summed E-state index contributed by atoms with van der Waals surface area (Å²) in [6, 6.07) is 6.20. The van der Waals surface area contributed by atoms with Crippen molar-refractivity contribution < 1.29 is 9.60 Å². The Morgan fingerprint density at radius 2 is 1.76 bits per heavy atom. The van der Waals surface area contributed by atoms with Crippen molar-refractivity contribution in [3.05, 3.63) is 41.2 Å². The zero-order valence-electron chi connectivity index (χ0n) is 10.7. The summed E-state index contributed by atoms with van der Waals surface area (Å²) in [5.74, 6) is -0.258. The maximum Gasteiger partial charge on any atom is 0.123 e. The lowest BCUT2D eigenvalue weighted by Gasteiger charge is -2.20. The first-order valence-electron chi connectivity index (χ1n) is 5.51. The maximum atomic E-state index is 12.8. The second-order valence-corrected chi connectivity index (χ2v) is 5.08. The van der Waals surface area contributed by atoms with Gasteiger partial charge in [0, 0.05) is 5.41 Å². The maximum absolute atomic E-state index is 12.8. The van der Waals surface area contributed by atoms with Crippen LogP contribution < -0.4 is 0 Å². The Morgan fingerprint density at radius 1 is 1.24 bits per heavy atom. The Balaban J connectivity index is 3.04. The Kier molecular flexibility index (Phi) is 4.05. The molecular weight excluding hydrogens is 217 g/mol. The molecule has 0 aromatic heterocycles. The van der Waals surface area contributed by atoms with Gasteiger partial charge in [-0.25, -0.2) is 4.39 Å². The van der Waals surface area contributed by atoms with E-state index in [1.54, 1.807) is 12.1 Å². The van der Waals surface area contributed by atoms with Crippen LogP contribution in [0.4, 0.5) is 4.39 Å². The van der Waals surface area contributed by atoms with E-state index >= 15 is 0 Å². The highest BCUT2D eigenvalue weighted by atomic mass is 19.1. The largest absolute Gasteiger partial charge is 0.411 e. The Labute approximate surface area is 101 Å². The highest BCUT2D eigenvalue weighted by Gasteiger charge is 2.20. The second kappa shape index (κ2) is 5.13. The van der Waals surface area contributed by atoms with E-state index in [2.05, 4.69) is 5.16 Å². The zero-order valence-corrected chi connectivity index (χ0v) is 10.7. The van der Waals surface area contributed by atoms with Gasteiger partial charge < -0.3 is 5.21 Å². The van der Waals surface area contributed by atoms with Crippen LogP contribution in [0.5, 0.6) is 0 Å². The molecule has 0 fully saturated rings. The molecule has 1 rings (SSSR count). The second-order valence-electron chi connectivity index (χ2n) is 5.08. The predicted octanol–water partition coefficient (Wildman–Crippen LogP) is 4.11. The van der Waals surface area contributed by atoms with Gasteiger partial charge in [0.2, 0.25) is 0 Å². The summed E-state index contributed by atoms with van der Waals surface area (Å²) in [6.07, 6.45) is 1.87. The summed E-state index contributed by atoms with van der Waals surface area (Å²) in [5, 5.41) is 12.4. The molecule has 92 valence electrons. The molecule has 0 saturated heterocycles. The first kappa shape index (κ1) is 13.4. The Hall–Kier alpha value is -1.64. The number of halogens is 1. The van der Waals surface area contributed by atoms with Crippen molar-refractivity contribution in [3.63, 3.8) is 0 Å². The van der Waals surface area contributed by atoms with Gasteiger partial charge in [-0.2, -0.15) is 0 Å². The first-order valence-corrected chi connectivity index (χ1v) is 5.51. The summed E-state index contributed by atoms with van der Waals surface area (Å²) < 4.78 is 12.8. The third-order valence-corrected chi connectivity index (χ3v) is 2.44. The van der Waals surface area contributed by atoms with Crippen molar-refractivity contribution in [2.45, 2.75) is 27.7 Å². The summed E-state index contributed by atoms with van der Waals surface area (Å²) in [4.78, 5) is 0. The first-order chi connectivity index (χ1) is 7.84. The van der Waals surface area contributed by atoms with Crippen molar-refractivity contribution in [1.29, 1.82) is 0 Å². The van der Waals surface area contributed by atoms with E-state index in [1.807, 2.05) is 33.8 Å². The van der Waals surface area contributed by atoms with Crippen LogP contribution in [0.2, 0.25) is 0 Å². The SMILES string of the molecule is C/C(=C\c1ccc(F)cc1)C(=NO)C(C)(C)C. The molecule has 0 heterocycles. The standard InChI is InChI=1S/C14H18FNO/c1-10(13(16-17)14(2,3)4)9-11-5-7-12(15)8-6-11/h5-9,17H,1-4H3/b10-9+,16-13?. The molecule has 0 spiro atoms. The molecule has 1 N–H and O–H groups in total. The van der Waals surface area contributed by atoms with Gasteiger partial charge in [-0.3, -0.25) is 0 Å². The molecule has 0 aliphatic heterocycles. The smallest absolute Gasteiger partial charge is 0.123 e. The van der Waals surface area contributed by atoms with Crippen LogP contribution in [0, 0.1) is 11.2 Å². The van der Waals surface area contributed by atoms with Crippen molar-refractivity contribution in [2.24, 2.45) is 10.6 Å². The number of allylic oxidation sites excluding steroid dienone is 1. The molecule has 1 aromatic carbocycles. The van der Waals surface area contributed by atoms with Crippen molar-refractivity contribution in [3.8, 4) is 0 Å². The minimum Gasteiger partial charge on any atom is -0.411 e. The predicted molar refractivity (Wildman–Crippen MR) is 68.7 cm³/mol. The highest BCUT2D eigenvalue weighted by Crippen LogP contribution is 2.22. The molecule has 0 saturated carbocycles. The minimum absolute atomic E-state index is 0.227. The van der Waals surface area contributed by atoms with Crippen LogP contribution >= 0.6 is 0 Å². The van der Waals surface area contributed by atoms with E-state index in [4.69, 9.17) is 5.21 Å². The van der Waals surface area contributed by atoms with Gasteiger partial charge in [-0.05, 0) is 30.2 Å². The molecule has 0 amide bonds. The average Bonchev–Trinajstić information content (AvgIpc) is 2.20. The number of benzene rings is 1. The van der Waals surface area contributed by atoms with Gasteiger partial charge in [0.1, 0.15) is 5.82 Å². The molecule has 2 nitrogen and oxygen atoms in total. The summed E-state index contributed by atoms with van der Waals surface area (Å²) in [7, 11) is 0. The quantitative estimate of drug-likeness (QED) is 0.467. The van der Waals surface area contributed by atoms with Gasteiger partial charge in [0.25, 0.3) is 0 Å². The average molecular weight is 235 g/mol. The molecule has 0 aliphatic rings. The fourth-order valence-electron chi connectivity index (χ4n) is 1.70. The zero-order chi connectivity index (χ0) is 13.1. The van der Waals surface area contributed by atoms with Gasteiger partial charge in [-0.1, -0.05) is 44.1 Å². The normalized spacial score (nSPS) is 13.9. The molecule has 0 radical (unpaired) electrons. The van der Waals surface area contributed by atoms with Crippen LogP contribution in [0.1, 0.15) is 33.3 Å². The molecule has 0 aliphatic carbocycles. The highest BCUT2D eigenvalue weighted by molar-refractivity contribution is 6.06. The minimum atomic E-state index is -0.258. The molecule has 1 aromatic rings. The summed E-state index contributed by atoms with van der Waals surface area (Å²) in [6.45, 7) is 7.81. The third-order valence-electron chi connectivity index (χ3n) is 2.44. The number of hydrogen-bond donors (Lipinski definition) is 1. The van der Waals surface area contributed by atoms with Crippen molar-refractivity contribution in [2.75, 3.05) is 0 Å². The van der Waals surface area contributed by atoms with E-state index in [1.165, 1.54) is 12.1 Å². The van der Waals surface area contributed by atoms with Crippen LogP contribution in [0.3, 0.4) is 0 Å². The topological polar surface area (TPSA) is 32.6 Å². The molecule has 0 atom stereocenters. The molecule has 17 heavy (non-hydrogen) atoms. The van der Waals surface area contributed by atoms with Crippen molar-refractivity contribution in [1.82, 2.24) is 0 Å². The molecule has 0 unspecified atom stereocenters. The number of hydrogen-bond acceptors (Lipinski definition) is 2. The van der Waals surface area contributed by atoms with Gasteiger partial charge >= 0.3 is 0 Å². The van der Waals surface area contributed by atoms with Gasteiger partial charge in [0.05, 0.1) is 5.71 Å². The number of nitrogens with zero attached hydrogens (tertiary/aromatic N) is 1. The number of rotatable bonds is 2. The van der Waals surface area contributed by atoms with Gasteiger partial charge in [-0.15, -0.1) is 0 Å². The van der Waals surface area contributed by atoms with E-state index in [0.717, 1.165) is 11.1 Å². The fraction of sp³-hybridized carbons (Fsp3) is 0.357.